The van der Waals surface area contributed by atoms with Crippen molar-refractivity contribution >= 4 is 20.4 Å². The van der Waals surface area contributed by atoms with Crippen LogP contribution in [0.2, 0.25) is 9.10 Å². The SMILES string of the molecule is CCCCCC.CCC[CH2][Mg][CH2]CCC. The summed E-state index contributed by atoms with van der Waals surface area (Å²) in [6, 6.07) is 0. The van der Waals surface area contributed by atoms with Crippen molar-refractivity contribution < 1.29 is 0 Å². The molecule has 0 aromatic rings. The molecule has 0 aromatic heterocycles. The molecule has 0 aliphatic rings. The summed E-state index contributed by atoms with van der Waals surface area (Å²) in [5, 5.41) is 0. The van der Waals surface area contributed by atoms with Crippen LogP contribution < -0.4 is 0 Å². The fraction of sp³-hybridized carbons (Fsp3) is 1.00. The second kappa shape index (κ2) is 20.2. The van der Waals surface area contributed by atoms with E-state index in [0.29, 0.717) is 20.4 Å². The number of rotatable bonds is 9. The summed E-state index contributed by atoms with van der Waals surface area (Å²) in [5.74, 6) is 0. The van der Waals surface area contributed by atoms with Crippen molar-refractivity contribution in [2.45, 2.75) is 88.2 Å². The molecule has 15 heavy (non-hydrogen) atoms. The van der Waals surface area contributed by atoms with E-state index in [1.165, 1.54) is 51.4 Å². The molecule has 0 heterocycles. The van der Waals surface area contributed by atoms with E-state index in [1.54, 1.807) is 9.10 Å². The van der Waals surface area contributed by atoms with Gasteiger partial charge in [0.2, 0.25) is 0 Å². The van der Waals surface area contributed by atoms with Crippen molar-refractivity contribution in [2.75, 3.05) is 0 Å². The molecular weight excluding hydrogens is 192 g/mol. The fourth-order valence-electron chi connectivity index (χ4n) is 1.53. The summed E-state index contributed by atoms with van der Waals surface area (Å²) in [4.78, 5) is 0. The van der Waals surface area contributed by atoms with Crippen molar-refractivity contribution in [3.63, 3.8) is 0 Å². The first kappa shape index (κ1) is 18.1. The van der Waals surface area contributed by atoms with E-state index in [2.05, 4.69) is 27.7 Å². The van der Waals surface area contributed by atoms with Crippen molar-refractivity contribution in [3.05, 3.63) is 0 Å². The van der Waals surface area contributed by atoms with Crippen LogP contribution >= 0.6 is 0 Å². The van der Waals surface area contributed by atoms with Crippen molar-refractivity contribution in [3.8, 4) is 0 Å². The lowest BCUT2D eigenvalue weighted by Crippen LogP contribution is -1.87. The van der Waals surface area contributed by atoms with Crippen LogP contribution in [-0.2, 0) is 0 Å². The van der Waals surface area contributed by atoms with Crippen LogP contribution in [-0.4, -0.2) is 20.4 Å². The van der Waals surface area contributed by atoms with Gasteiger partial charge in [-0.05, 0) is 0 Å². The summed E-state index contributed by atoms with van der Waals surface area (Å²) in [7, 11) is 0. The lowest BCUT2D eigenvalue weighted by atomic mass is 10.2. The molecule has 0 N–H and O–H groups in total. The van der Waals surface area contributed by atoms with Gasteiger partial charge in [0.1, 0.15) is 0 Å². The zero-order valence-corrected chi connectivity index (χ0v) is 13.2. The summed E-state index contributed by atoms with van der Waals surface area (Å²) in [6.45, 7) is 9.04. The van der Waals surface area contributed by atoms with Gasteiger partial charge in [0.25, 0.3) is 0 Å². The zero-order chi connectivity index (χ0) is 11.8. The van der Waals surface area contributed by atoms with Crippen LogP contribution in [0.25, 0.3) is 0 Å². The van der Waals surface area contributed by atoms with Gasteiger partial charge in [0.15, 0.2) is 0 Å². The van der Waals surface area contributed by atoms with E-state index < -0.39 is 0 Å². The predicted octanol–water partition coefficient (Wildman–Crippen LogP) is 5.71. The lowest BCUT2D eigenvalue weighted by molar-refractivity contribution is 0.702. The van der Waals surface area contributed by atoms with Gasteiger partial charge in [-0.25, -0.2) is 0 Å². The van der Waals surface area contributed by atoms with Gasteiger partial charge in [-0.2, -0.15) is 0 Å². The van der Waals surface area contributed by atoms with E-state index in [0.717, 1.165) is 0 Å². The molecule has 0 fully saturated rings. The van der Waals surface area contributed by atoms with Crippen molar-refractivity contribution in [2.24, 2.45) is 0 Å². The van der Waals surface area contributed by atoms with Crippen LogP contribution in [0, 0.1) is 0 Å². The highest BCUT2D eigenvalue weighted by Crippen LogP contribution is 1.99. The second-order valence-electron chi connectivity index (χ2n) is 4.47. The summed E-state index contributed by atoms with van der Waals surface area (Å²) in [5.41, 5.74) is 0. The molecular formula is C14H32Mg. The van der Waals surface area contributed by atoms with Gasteiger partial charge in [-0.1, -0.05) is 79.1 Å². The molecule has 1 heteroatoms. The maximum atomic E-state index is 2.29. The van der Waals surface area contributed by atoms with Crippen molar-refractivity contribution in [1.29, 1.82) is 0 Å². The Balaban J connectivity index is 0. The molecule has 0 radical (unpaired) electrons. The van der Waals surface area contributed by atoms with Crippen molar-refractivity contribution in [1.82, 2.24) is 0 Å². The van der Waals surface area contributed by atoms with Gasteiger partial charge < -0.3 is 0 Å². The number of hydrogen-bond acceptors (Lipinski definition) is 0. The maximum absolute atomic E-state index is 2.29. The van der Waals surface area contributed by atoms with Crippen LogP contribution in [0.3, 0.4) is 0 Å². The van der Waals surface area contributed by atoms with Gasteiger partial charge in [-0.15, -0.1) is 9.10 Å². The highest BCUT2D eigenvalue weighted by Gasteiger charge is 1.92. The Labute approximate surface area is 108 Å². The quantitative estimate of drug-likeness (QED) is 0.347. The van der Waals surface area contributed by atoms with Gasteiger partial charge in [0.05, 0.1) is 0 Å². The van der Waals surface area contributed by atoms with E-state index in [-0.39, 0.29) is 0 Å². The number of hydrogen-bond donors (Lipinski definition) is 0. The predicted molar refractivity (Wildman–Crippen MR) is 75.0 cm³/mol. The molecule has 0 amide bonds. The molecule has 0 saturated heterocycles. The first-order valence-corrected chi connectivity index (χ1v) is 9.33. The third kappa shape index (κ3) is 25.2. The molecule has 0 bridgehead atoms. The minimum absolute atomic E-state index is 0.389. The monoisotopic (exact) mass is 224 g/mol. The van der Waals surface area contributed by atoms with Gasteiger partial charge in [-0.3, -0.25) is 0 Å². The third-order valence-electron chi connectivity index (χ3n) is 2.66. The Morgan fingerprint density at radius 1 is 0.533 bits per heavy atom. The van der Waals surface area contributed by atoms with E-state index in [4.69, 9.17) is 0 Å². The first-order valence-electron chi connectivity index (χ1n) is 7.33. The van der Waals surface area contributed by atoms with E-state index >= 15 is 0 Å². The highest BCUT2D eigenvalue weighted by atomic mass is 24.5. The largest absolute Gasteiger partial charge is 0.364 e. The minimum atomic E-state index is 0.389. The van der Waals surface area contributed by atoms with Crippen LogP contribution in [0.1, 0.15) is 79.1 Å². The molecule has 0 nitrogen and oxygen atoms in total. The lowest BCUT2D eigenvalue weighted by Gasteiger charge is -1.93. The second-order valence-corrected chi connectivity index (χ2v) is 6.60. The number of unbranched alkanes of at least 4 members (excludes halogenated alkanes) is 5. The molecule has 0 aromatic carbocycles. The molecule has 0 atom stereocenters. The smallest absolute Gasteiger partial charge is 0.146 e. The van der Waals surface area contributed by atoms with Crippen LogP contribution in [0.5, 0.6) is 0 Å². The Hall–Kier alpha value is 0.766. The molecule has 0 unspecified atom stereocenters. The van der Waals surface area contributed by atoms with Crippen LogP contribution in [0.15, 0.2) is 0 Å². The van der Waals surface area contributed by atoms with Gasteiger partial charge >= 0.3 is 20.4 Å². The molecule has 0 rings (SSSR count). The van der Waals surface area contributed by atoms with Crippen LogP contribution in [0.4, 0.5) is 0 Å². The topological polar surface area (TPSA) is 0 Å². The molecule has 0 aliphatic carbocycles. The molecule has 0 spiro atoms. The standard InChI is InChI=1S/C6H14.2C4H9.Mg/c1-3-5-6-4-2;2*1-3-4-2;/h3-6H2,1-2H3;2*1,3-4H2,2H3;. The summed E-state index contributed by atoms with van der Waals surface area (Å²) >= 11 is 0.389. The van der Waals surface area contributed by atoms with E-state index in [9.17, 15) is 0 Å². The maximum Gasteiger partial charge on any atom is 0.364 e. The fourth-order valence-corrected chi connectivity index (χ4v) is 3.59. The third-order valence-corrected chi connectivity index (χ3v) is 4.66. The normalized spacial score (nSPS) is 9.07. The Bertz CT molecular complexity index is 71.4. The summed E-state index contributed by atoms with van der Waals surface area (Å²) < 4.78 is 3.19. The Morgan fingerprint density at radius 3 is 1.13 bits per heavy atom. The molecule has 0 aliphatic heterocycles. The average Bonchev–Trinajstić information content (AvgIpc) is 2.27. The molecule has 0 saturated carbocycles. The summed E-state index contributed by atoms with van der Waals surface area (Å²) in [6.07, 6.45) is 11.3. The van der Waals surface area contributed by atoms with Gasteiger partial charge in [0, 0.05) is 0 Å². The van der Waals surface area contributed by atoms with E-state index in [1.807, 2.05) is 0 Å². The highest BCUT2D eigenvalue weighted by molar-refractivity contribution is 6.35. The zero-order valence-electron chi connectivity index (χ0n) is 11.8. The Kier molecular flexibility index (Phi) is 24.4. The average molecular weight is 225 g/mol. The minimum Gasteiger partial charge on any atom is -0.146 e. The first-order chi connectivity index (χ1) is 7.33. The molecule has 90 valence electrons. The Morgan fingerprint density at radius 2 is 0.867 bits per heavy atom.